The highest BCUT2D eigenvalue weighted by Gasteiger charge is 2.55. The van der Waals surface area contributed by atoms with Crippen molar-refractivity contribution in [3.63, 3.8) is 0 Å². The third-order valence-electron chi connectivity index (χ3n) is 10.2. The minimum Gasteiger partial charge on any atom is -0.495 e. The lowest BCUT2D eigenvalue weighted by molar-refractivity contribution is -0.149. The average Bonchev–Trinajstić information content (AvgIpc) is 3.42. The molecular formula is C39H48FN3O2. The molecular weight excluding hydrogens is 561 g/mol. The van der Waals surface area contributed by atoms with Gasteiger partial charge in [0.25, 0.3) is 0 Å². The molecule has 2 saturated heterocycles. The van der Waals surface area contributed by atoms with Crippen LogP contribution in [0.3, 0.4) is 0 Å². The molecule has 2 aliphatic heterocycles. The Morgan fingerprint density at radius 2 is 1.87 bits per heavy atom. The summed E-state index contributed by atoms with van der Waals surface area (Å²) in [4.78, 5) is 21.3. The molecule has 45 heavy (non-hydrogen) atoms. The summed E-state index contributed by atoms with van der Waals surface area (Å²) in [7, 11) is 1.71. The molecule has 0 aromatic heterocycles. The van der Waals surface area contributed by atoms with Crippen LogP contribution in [-0.4, -0.2) is 42.5 Å². The van der Waals surface area contributed by atoms with Gasteiger partial charge in [0.15, 0.2) is 0 Å². The summed E-state index contributed by atoms with van der Waals surface area (Å²) in [5.74, 6) is 1.14. The number of ether oxygens (including phenoxy) is 1. The van der Waals surface area contributed by atoms with E-state index < -0.39 is 5.41 Å². The molecule has 5 rings (SSSR count). The van der Waals surface area contributed by atoms with Gasteiger partial charge in [-0.15, -0.1) is 0 Å². The minimum absolute atomic E-state index is 0.00514. The summed E-state index contributed by atoms with van der Waals surface area (Å²) < 4.78 is 19.7. The van der Waals surface area contributed by atoms with E-state index in [1.54, 1.807) is 19.2 Å². The standard InChI is InChI=1S/C39H48FN3O2/c1-7-28(3)29(4)24-42(8-2)36-20-17-33(23-37(36)45-6)35-26-41(25-31-13-10-9-11-14-31)27-39(35)21-12-22-43(38(39)44)30(5)32-15-18-34(40)19-16-32/h8-11,13-20,23-24,28,30,35H,2,7,12,21-22,25-27H2,1,3-6H3/b29-24-. The van der Waals surface area contributed by atoms with Crippen LogP contribution in [0.15, 0.2) is 97.3 Å². The molecule has 1 spiro atoms. The zero-order valence-corrected chi connectivity index (χ0v) is 27.5. The fourth-order valence-corrected chi connectivity index (χ4v) is 7.23. The van der Waals surface area contributed by atoms with E-state index in [2.05, 4.69) is 87.8 Å². The Labute approximate surface area is 269 Å². The zero-order chi connectivity index (χ0) is 32.1. The first kappa shape index (κ1) is 32.5. The molecule has 2 heterocycles. The number of hydrogen-bond donors (Lipinski definition) is 0. The second-order valence-corrected chi connectivity index (χ2v) is 12.9. The summed E-state index contributed by atoms with van der Waals surface area (Å²) in [6.45, 7) is 15.7. The van der Waals surface area contributed by atoms with Crippen LogP contribution >= 0.6 is 0 Å². The predicted octanol–water partition coefficient (Wildman–Crippen LogP) is 8.70. The fraction of sp³-hybridized carbons (Fsp3) is 0.410. The van der Waals surface area contributed by atoms with Gasteiger partial charge < -0.3 is 14.5 Å². The van der Waals surface area contributed by atoms with Crippen LogP contribution in [0.1, 0.15) is 75.6 Å². The van der Waals surface area contributed by atoms with Gasteiger partial charge in [0, 0.05) is 44.5 Å². The SMILES string of the molecule is C=CN(/C=C(/C)C(C)CC)c1ccc(C2CN(Cc3ccccc3)CC23CCCN(C(C)c2ccc(F)cc2)C3=O)cc1OC. The zero-order valence-electron chi connectivity index (χ0n) is 27.5. The first-order valence-electron chi connectivity index (χ1n) is 16.3. The number of piperidine rings is 1. The number of carbonyl (C=O) groups excluding carboxylic acids is 1. The summed E-state index contributed by atoms with van der Waals surface area (Å²) in [5, 5.41) is 0. The number of likely N-dealkylation sites (tertiary alicyclic amines) is 2. The molecule has 2 aliphatic rings. The van der Waals surface area contributed by atoms with E-state index >= 15 is 0 Å². The summed E-state index contributed by atoms with van der Waals surface area (Å²) in [5.41, 5.74) is 4.94. The van der Waals surface area contributed by atoms with E-state index in [1.165, 1.54) is 23.3 Å². The van der Waals surface area contributed by atoms with Crippen molar-refractivity contribution >= 4 is 11.6 Å². The summed E-state index contributed by atoms with van der Waals surface area (Å²) in [6, 6.07) is 23.3. The number of rotatable bonds is 11. The molecule has 3 aromatic carbocycles. The van der Waals surface area contributed by atoms with Crippen molar-refractivity contribution in [1.82, 2.24) is 9.80 Å². The van der Waals surface area contributed by atoms with Crippen LogP contribution in [0.4, 0.5) is 10.1 Å². The third-order valence-corrected chi connectivity index (χ3v) is 10.2. The van der Waals surface area contributed by atoms with E-state index in [0.717, 1.165) is 54.9 Å². The summed E-state index contributed by atoms with van der Waals surface area (Å²) >= 11 is 0. The average molecular weight is 610 g/mol. The number of carbonyl (C=O) groups is 1. The fourth-order valence-electron chi connectivity index (χ4n) is 7.23. The van der Waals surface area contributed by atoms with Crippen molar-refractivity contribution < 1.29 is 13.9 Å². The van der Waals surface area contributed by atoms with Crippen molar-refractivity contribution in [3.8, 4) is 5.75 Å². The predicted molar refractivity (Wildman–Crippen MR) is 182 cm³/mol. The highest BCUT2D eigenvalue weighted by atomic mass is 19.1. The Morgan fingerprint density at radius 3 is 2.53 bits per heavy atom. The van der Waals surface area contributed by atoms with Gasteiger partial charge in [-0.05, 0) is 80.0 Å². The van der Waals surface area contributed by atoms with E-state index in [0.29, 0.717) is 19.0 Å². The number of methoxy groups -OCH3 is 1. The highest BCUT2D eigenvalue weighted by Crippen LogP contribution is 2.52. The largest absolute Gasteiger partial charge is 0.495 e. The molecule has 2 fully saturated rings. The van der Waals surface area contributed by atoms with Crippen molar-refractivity contribution in [2.24, 2.45) is 11.3 Å². The Morgan fingerprint density at radius 1 is 1.13 bits per heavy atom. The second kappa shape index (κ2) is 14.0. The van der Waals surface area contributed by atoms with Crippen LogP contribution in [-0.2, 0) is 11.3 Å². The number of benzene rings is 3. The van der Waals surface area contributed by atoms with Gasteiger partial charge >= 0.3 is 0 Å². The molecule has 238 valence electrons. The van der Waals surface area contributed by atoms with E-state index in [9.17, 15) is 9.18 Å². The van der Waals surface area contributed by atoms with Gasteiger partial charge in [-0.2, -0.15) is 0 Å². The van der Waals surface area contributed by atoms with Crippen LogP contribution in [0.25, 0.3) is 0 Å². The second-order valence-electron chi connectivity index (χ2n) is 12.9. The van der Waals surface area contributed by atoms with Crippen molar-refractivity contribution in [3.05, 3.63) is 120 Å². The molecule has 5 nitrogen and oxygen atoms in total. The van der Waals surface area contributed by atoms with Gasteiger partial charge in [-0.3, -0.25) is 9.69 Å². The van der Waals surface area contributed by atoms with Gasteiger partial charge in [0.05, 0.1) is 24.3 Å². The van der Waals surface area contributed by atoms with Crippen LogP contribution in [0.5, 0.6) is 5.75 Å². The molecule has 0 N–H and O–H groups in total. The number of halogens is 1. The Kier molecular flexibility index (Phi) is 10.1. The quantitative estimate of drug-likeness (QED) is 0.218. The van der Waals surface area contributed by atoms with Crippen molar-refractivity contribution in [1.29, 1.82) is 0 Å². The molecule has 3 aromatic rings. The van der Waals surface area contributed by atoms with Gasteiger partial charge in [0.2, 0.25) is 5.91 Å². The number of hydrogen-bond acceptors (Lipinski definition) is 4. The topological polar surface area (TPSA) is 36.0 Å². The molecule has 4 unspecified atom stereocenters. The maximum Gasteiger partial charge on any atom is 0.231 e. The highest BCUT2D eigenvalue weighted by molar-refractivity contribution is 5.86. The first-order chi connectivity index (χ1) is 21.7. The Hall–Kier alpha value is -3.90. The van der Waals surface area contributed by atoms with E-state index in [1.807, 2.05) is 22.1 Å². The lowest BCUT2D eigenvalue weighted by Gasteiger charge is -2.45. The summed E-state index contributed by atoms with van der Waals surface area (Å²) in [6.07, 6.45) is 6.77. The maximum atomic E-state index is 14.8. The normalized spacial score (nSPS) is 22.0. The van der Waals surface area contributed by atoms with Crippen LogP contribution in [0, 0.1) is 17.2 Å². The molecule has 0 radical (unpaired) electrons. The lowest BCUT2D eigenvalue weighted by Crippen LogP contribution is -2.52. The van der Waals surface area contributed by atoms with Gasteiger partial charge in [-0.25, -0.2) is 4.39 Å². The number of amides is 1. The molecule has 0 saturated carbocycles. The molecule has 6 heteroatoms. The molecule has 0 aliphatic carbocycles. The van der Waals surface area contributed by atoms with E-state index in [4.69, 9.17) is 4.74 Å². The Bertz CT molecular complexity index is 1500. The van der Waals surface area contributed by atoms with Crippen molar-refractivity contribution in [2.45, 2.75) is 65.5 Å². The third kappa shape index (κ3) is 6.72. The van der Waals surface area contributed by atoms with Crippen LogP contribution < -0.4 is 9.64 Å². The molecule has 0 bridgehead atoms. The van der Waals surface area contributed by atoms with Gasteiger partial charge in [0.1, 0.15) is 11.6 Å². The Balaban J connectivity index is 1.52. The minimum atomic E-state index is -0.570. The molecule has 1 amide bonds. The monoisotopic (exact) mass is 609 g/mol. The van der Waals surface area contributed by atoms with Crippen LogP contribution in [0.2, 0.25) is 0 Å². The lowest BCUT2D eigenvalue weighted by atomic mass is 9.68. The number of allylic oxidation sites excluding steroid dienone is 1. The van der Waals surface area contributed by atoms with E-state index in [-0.39, 0.29) is 23.7 Å². The van der Waals surface area contributed by atoms with Gasteiger partial charge in [-0.1, -0.05) is 74.5 Å². The number of anilines is 1. The maximum absolute atomic E-state index is 14.8. The van der Waals surface area contributed by atoms with Crippen molar-refractivity contribution in [2.75, 3.05) is 31.6 Å². The first-order valence-corrected chi connectivity index (χ1v) is 16.3. The number of nitrogens with zero attached hydrogens (tertiary/aromatic N) is 3. The molecule has 4 atom stereocenters. The smallest absolute Gasteiger partial charge is 0.231 e.